The zero-order valence-corrected chi connectivity index (χ0v) is 12.9. The van der Waals surface area contributed by atoms with Crippen molar-refractivity contribution in [2.75, 3.05) is 36.0 Å². The molecule has 0 aliphatic carbocycles. The molecule has 1 fully saturated rings. The van der Waals surface area contributed by atoms with Crippen LogP contribution in [0.3, 0.4) is 0 Å². The Morgan fingerprint density at radius 1 is 1.22 bits per heavy atom. The van der Waals surface area contributed by atoms with Crippen molar-refractivity contribution < 1.29 is 4.92 Å². The van der Waals surface area contributed by atoms with Crippen LogP contribution in [0.15, 0.2) is 35.4 Å². The molecule has 0 unspecified atom stereocenters. The Kier molecular flexibility index (Phi) is 4.16. The first-order valence-corrected chi connectivity index (χ1v) is 7.41. The van der Waals surface area contributed by atoms with Gasteiger partial charge in [0.15, 0.2) is 0 Å². The number of halogens is 1. The number of aromatic nitrogens is 2. The van der Waals surface area contributed by atoms with E-state index in [4.69, 9.17) is 11.6 Å². The summed E-state index contributed by atoms with van der Waals surface area (Å²) in [6.45, 7) is 2.38. The van der Waals surface area contributed by atoms with Gasteiger partial charge in [-0.15, -0.1) is 0 Å². The summed E-state index contributed by atoms with van der Waals surface area (Å²) in [5, 5.41) is 11.8. The number of nitro groups is 1. The second kappa shape index (κ2) is 6.25. The van der Waals surface area contributed by atoms with Crippen LogP contribution in [0.25, 0.3) is 0 Å². The lowest BCUT2D eigenvalue weighted by molar-refractivity contribution is -0.385. The second-order valence-electron chi connectivity index (χ2n) is 5.11. The average molecular weight is 336 g/mol. The largest absolute Gasteiger partial charge is 0.375 e. The molecule has 1 saturated heterocycles. The van der Waals surface area contributed by atoms with Crippen molar-refractivity contribution in [1.29, 1.82) is 0 Å². The lowest BCUT2D eigenvalue weighted by atomic mass is 10.2. The van der Waals surface area contributed by atoms with Gasteiger partial charge in [-0.25, -0.2) is 4.98 Å². The van der Waals surface area contributed by atoms with Gasteiger partial charge in [-0.3, -0.25) is 14.9 Å². The number of rotatable bonds is 3. The molecule has 0 amide bonds. The van der Waals surface area contributed by atoms with Gasteiger partial charge in [-0.1, -0.05) is 17.7 Å². The van der Waals surface area contributed by atoms with Crippen LogP contribution in [0.4, 0.5) is 17.2 Å². The third-order valence-corrected chi connectivity index (χ3v) is 3.98. The molecule has 1 aliphatic heterocycles. The highest BCUT2D eigenvalue weighted by Crippen LogP contribution is 2.25. The normalized spacial score (nSPS) is 14.8. The van der Waals surface area contributed by atoms with Crippen LogP contribution < -0.4 is 15.4 Å². The first kappa shape index (κ1) is 15.3. The van der Waals surface area contributed by atoms with E-state index in [2.05, 4.69) is 14.9 Å². The zero-order chi connectivity index (χ0) is 16.4. The SMILES string of the molecule is O=c1[nH]cnc(N2CCN(c3cccc(Cl)c3)CC2)c1[N+](=O)[O-]. The number of benzene rings is 1. The highest BCUT2D eigenvalue weighted by Gasteiger charge is 2.28. The maximum atomic E-state index is 11.7. The number of anilines is 2. The second-order valence-corrected chi connectivity index (χ2v) is 5.55. The minimum Gasteiger partial charge on any atom is -0.368 e. The van der Waals surface area contributed by atoms with Crippen LogP contribution >= 0.6 is 11.6 Å². The zero-order valence-electron chi connectivity index (χ0n) is 12.1. The summed E-state index contributed by atoms with van der Waals surface area (Å²) in [4.78, 5) is 32.2. The molecule has 2 aromatic rings. The Hall–Kier alpha value is -2.61. The number of nitrogens with one attached hydrogen (secondary N) is 1. The van der Waals surface area contributed by atoms with Gasteiger partial charge < -0.3 is 14.8 Å². The van der Waals surface area contributed by atoms with Gasteiger partial charge in [0.1, 0.15) is 0 Å². The van der Waals surface area contributed by atoms with Crippen LogP contribution in [0.5, 0.6) is 0 Å². The fourth-order valence-corrected chi connectivity index (χ4v) is 2.81. The molecule has 0 spiro atoms. The molecule has 1 aliphatic rings. The first-order chi connectivity index (χ1) is 11.1. The Balaban J connectivity index is 1.79. The number of hydrogen-bond acceptors (Lipinski definition) is 6. The molecule has 0 bridgehead atoms. The topological polar surface area (TPSA) is 95.4 Å². The number of piperazine rings is 1. The van der Waals surface area contributed by atoms with Gasteiger partial charge in [-0.05, 0) is 18.2 Å². The van der Waals surface area contributed by atoms with Crippen LogP contribution in [-0.2, 0) is 0 Å². The summed E-state index contributed by atoms with van der Waals surface area (Å²) < 4.78 is 0. The molecule has 23 heavy (non-hydrogen) atoms. The smallest absolute Gasteiger partial charge is 0.368 e. The summed E-state index contributed by atoms with van der Waals surface area (Å²) in [6, 6.07) is 7.54. The quantitative estimate of drug-likeness (QED) is 0.677. The number of H-pyrrole nitrogens is 1. The first-order valence-electron chi connectivity index (χ1n) is 7.04. The molecule has 2 heterocycles. The number of nitrogens with zero attached hydrogens (tertiary/aromatic N) is 4. The summed E-state index contributed by atoms with van der Waals surface area (Å²) in [5.74, 6) is 0.115. The Morgan fingerprint density at radius 2 is 1.91 bits per heavy atom. The number of aromatic amines is 1. The van der Waals surface area contributed by atoms with E-state index >= 15 is 0 Å². The summed E-state index contributed by atoms with van der Waals surface area (Å²) >= 11 is 6.00. The molecular weight excluding hydrogens is 322 g/mol. The van der Waals surface area contributed by atoms with Crippen molar-refractivity contribution in [2.24, 2.45) is 0 Å². The molecule has 1 aromatic carbocycles. The highest BCUT2D eigenvalue weighted by molar-refractivity contribution is 6.30. The van der Waals surface area contributed by atoms with E-state index in [-0.39, 0.29) is 5.82 Å². The van der Waals surface area contributed by atoms with Gasteiger partial charge in [0.05, 0.1) is 11.3 Å². The fraction of sp³-hybridized carbons (Fsp3) is 0.286. The molecule has 0 saturated carbocycles. The van der Waals surface area contributed by atoms with E-state index in [1.165, 1.54) is 6.33 Å². The van der Waals surface area contributed by atoms with E-state index in [0.29, 0.717) is 31.2 Å². The highest BCUT2D eigenvalue weighted by atomic mass is 35.5. The lowest BCUT2D eigenvalue weighted by Crippen LogP contribution is -2.47. The minimum atomic E-state index is -0.739. The third kappa shape index (κ3) is 3.11. The summed E-state index contributed by atoms with van der Waals surface area (Å²) in [6.07, 6.45) is 1.19. The van der Waals surface area contributed by atoms with Crippen molar-refractivity contribution >= 4 is 28.8 Å². The van der Waals surface area contributed by atoms with Crippen molar-refractivity contribution in [3.63, 3.8) is 0 Å². The van der Waals surface area contributed by atoms with E-state index < -0.39 is 16.2 Å². The summed E-state index contributed by atoms with van der Waals surface area (Å²) in [7, 11) is 0. The maximum absolute atomic E-state index is 11.7. The minimum absolute atomic E-state index is 0.115. The standard InChI is InChI=1S/C14H14ClN5O3/c15-10-2-1-3-11(8-10)18-4-6-19(7-5-18)13-12(20(22)23)14(21)17-9-16-13/h1-3,8-9H,4-7H2,(H,16,17,21). The molecule has 3 rings (SSSR count). The maximum Gasteiger partial charge on any atom is 0.375 e. The van der Waals surface area contributed by atoms with E-state index in [0.717, 1.165) is 5.69 Å². The Morgan fingerprint density at radius 3 is 2.57 bits per heavy atom. The Labute approximate surface area is 136 Å². The van der Waals surface area contributed by atoms with Crippen LogP contribution in [0.1, 0.15) is 0 Å². The molecule has 120 valence electrons. The molecule has 1 aromatic heterocycles. The van der Waals surface area contributed by atoms with Crippen molar-refractivity contribution in [2.45, 2.75) is 0 Å². The predicted octanol–water partition coefficient (Wildman–Crippen LogP) is 1.66. The molecule has 0 radical (unpaired) electrons. The van der Waals surface area contributed by atoms with Gasteiger partial charge in [0.2, 0.25) is 5.82 Å². The van der Waals surface area contributed by atoms with Gasteiger partial charge in [0.25, 0.3) is 0 Å². The monoisotopic (exact) mass is 335 g/mol. The predicted molar refractivity (Wildman–Crippen MR) is 87.4 cm³/mol. The van der Waals surface area contributed by atoms with Crippen molar-refractivity contribution in [3.05, 3.63) is 56.1 Å². The van der Waals surface area contributed by atoms with Crippen LogP contribution in [0.2, 0.25) is 5.02 Å². The molecular formula is C14H14ClN5O3. The molecule has 8 nitrogen and oxygen atoms in total. The molecule has 0 atom stereocenters. The lowest BCUT2D eigenvalue weighted by Gasteiger charge is -2.36. The van der Waals surface area contributed by atoms with Crippen molar-refractivity contribution in [1.82, 2.24) is 9.97 Å². The fourth-order valence-electron chi connectivity index (χ4n) is 2.63. The summed E-state index contributed by atoms with van der Waals surface area (Å²) in [5.41, 5.74) is -0.244. The molecule has 1 N–H and O–H groups in total. The third-order valence-electron chi connectivity index (χ3n) is 3.74. The average Bonchev–Trinajstić information content (AvgIpc) is 2.54. The molecule has 9 heteroatoms. The van der Waals surface area contributed by atoms with Crippen molar-refractivity contribution in [3.8, 4) is 0 Å². The van der Waals surface area contributed by atoms with Gasteiger partial charge >= 0.3 is 11.2 Å². The van der Waals surface area contributed by atoms with Crippen LogP contribution in [0, 0.1) is 10.1 Å². The Bertz CT molecular complexity index is 786. The number of hydrogen-bond donors (Lipinski definition) is 1. The van der Waals surface area contributed by atoms with Gasteiger partial charge in [0, 0.05) is 36.9 Å². The van der Waals surface area contributed by atoms with Crippen LogP contribution in [-0.4, -0.2) is 41.1 Å². The van der Waals surface area contributed by atoms with E-state index in [1.807, 2.05) is 24.3 Å². The van der Waals surface area contributed by atoms with E-state index in [9.17, 15) is 14.9 Å². The van der Waals surface area contributed by atoms with E-state index in [1.54, 1.807) is 4.90 Å². The van der Waals surface area contributed by atoms with Gasteiger partial charge in [-0.2, -0.15) is 0 Å².